The number of nitriles is 1. The zero-order chi connectivity index (χ0) is 43.9. The fraction of sp³-hybridized carbons (Fsp3) is 0.524. The number of carbonyl (C=O) groups is 1. The topological polar surface area (TPSA) is 211 Å². The normalized spacial score (nSPS) is 18.2. The van der Waals surface area contributed by atoms with Crippen LogP contribution in [0.2, 0.25) is 0 Å². The number of ether oxygens (including phenoxy) is 1. The zero-order valence-electron chi connectivity index (χ0n) is 34.9. The number of fused-ring (bicyclic) bond motifs is 4. The van der Waals surface area contributed by atoms with E-state index < -0.39 is 38.4 Å². The van der Waals surface area contributed by atoms with Crippen LogP contribution < -0.4 is 19.9 Å². The second kappa shape index (κ2) is 17.7. The monoisotopic (exact) mass is 894 g/mol. The highest BCUT2D eigenvalue weighted by atomic mass is 32.2. The van der Waals surface area contributed by atoms with Gasteiger partial charge in [-0.25, -0.2) is 31.9 Å². The number of likely N-dealkylation sites (tertiary alicyclic amines) is 2. The van der Waals surface area contributed by atoms with Crippen LogP contribution in [0.3, 0.4) is 0 Å². The van der Waals surface area contributed by atoms with E-state index in [1.165, 1.54) is 67.7 Å². The number of nitrogens with one attached hydrogen (secondary N) is 2. The molecule has 2 aromatic heterocycles. The van der Waals surface area contributed by atoms with Gasteiger partial charge in [0, 0.05) is 71.2 Å². The van der Waals surface area contributed by atoms with Gasteiger partial charge in [0.05, 0.1) is 11.4 Å². The molecule has 0 unspecified atom stereocenters. The number of nitrogens with zero attached hydrogens (tertiary/aromatic N) is 7. The Kier molecular flexibility index (Phi) is 12.5. The van der Waals surface area contributed by atoms with E-state index >= 15 is 0 Å². The summed E-state index contributed by atoms with van der Waals surface area (Å²) < 4.78 is 83.5. The van der Waals surface area contributed by atoms with Crippen LogP contribution in [-0.4, -0.2) is 90.7 Å². The van der Waals surface area contributed by atoms with Gasteiger partial charge in [0.25, 0.3) is 26.3 Å². The number of hydrogen-bond acceptors (Lipinski definition) is 11. The van der Waals surface area contributed by atoms with Crippen molar-refractivity contribution in [3.63, 3.8) is 0 Å². The zero-order valence-corrected chi connectivity index (χ0v) is 36.6. The van der Waals surface area contributed by atoms with Crippen LogP contribution in [-0.2, 0) is 98.6 Å². The summed E-state index contributed by atoms with van der Waals surface area (Å²) in [7, 11) is -4.62. The molecular formula is C42H52F2N10O6S2. The molecule has 0 spiro atoms. The van der Waals surface area contributed by atoms with Gasteiger partial charge < -0.3 is 10.1 Å². The molecule has 4 aromatic rings. The third-order valence-electron chi connectivity index (χ3n) is 12.6. The summed E-state index contributed by atoms with van der Waals surface area (Å²) in [6.45, 7) is 2.33. The summed E-state index contributed by atoms with van der Waals surface area (Å²) in [5.41, 5.74) is 12.4. The number of sulfonamides is 2. The van der Waals surface area contributed by atoms with Crippen LogP contribution in [0, 0.1) is 11.5 Å². The molecule has 0 bridgehead atoms. The molecule has 2 amide bonds. The maximum Gasteiger partial charge on any atom is 0.333 e. The van der Waals surface area contributed by atoms with Gasteiger partial charge in [-0.3, -0.25) is 19.2 Å². The van der Waals surface area contributed by atoms with Crippen LogP contribution in [0.15, 0.2) is 34.3 Å². The second-order valence-corrected chi connectivity index (χ2v) is 20.1. The van der Waals surface area contributed by atoms with Crippen LogP contribution in [0.25, 0.3) is 0 Å². The summed E-state index contributed by atoms with van der Waals surface area (Å²) in [4.78, 5) is 16.4. The number of aryl methyl sites for hydroxylation is 6. The molecule has 20 heteroatoms. The van der Waals surface area contributed by atoms with Crippen molar-refractivity contribution in [3.8, 4) is 12.0 Å². The Morgan fingerprint density at radius 2 is 1.15 bits per heavy atom. The first-order chi connectivity index (χ1) is 29.6. The predicted molar refractivity (Wildman–Crippen MR) is 225 cm³/mol. The highest BCUT2D eigenvalue weighted by molar-refractivity contribution is 7.90. The molecule has 332 valence electrons. The number of nitrogens with two attached hydrogens (primary N) is 1. The summed E-state index contributed by atoms with van der Waals surface area (Å²) in [5.74, 6) is 0.903. The van der Waals surface area contributed by atoms with Gasteiger partial charge in [-0.1, -0.05) is 12.1 Å². The largest absolute Gasteiger partial charge is 0.387 e. The fourth-order valence-electron chi connectivity index (χ4n) is 9.46. The average Bonchev–Trinajstić information content (AvgIpc) is 4.04. The highest BCUT2D eigenvalue weighted by Gasteiger charge is 2.31. The number of primary sulfonamides is 1. The number of halogens is 2. The Balaban J connectivity index is 0.000000143. The third kappa shape index (κ3) is 9.37. The number of hydrogen-bond donors (Lipinski definition) is 3. The van der Waals surface area contributed by atoms with Crippen molar-refractivity contribution in [1.82, 2.24) is 34.1 Å². The Bertz CT molecular complexity index is 2580. The second-order valence-electron chi connectivity index (χ2n) is 17.0. The molecule has 2 fully saturated rings. The van der Waals surface area contributed by atoms with E-state index in [0.717, 1.165) is 86.8 Å². The van der Waals surface area contributed by atoms with Crippen molar-refractivity contribution in [2.24, 2.45) is 19.2 Å². The minimum absolute atomic E-state index is 0.151. The molecule has 0 radical (unpaired) electrons. The molecule has 16 nitrogen and oxygen atoms in total. The van der Waals surface area contributed by atoms with Gasteiger partial charge in [0.15, 0.2) is 10.1 Å². The summed E-state index contributed by atoms with van der Waals surface area (Å²) in [6, 6.07) is 6.67. The van der Waals surface area contributed by atoms with Gasteiger partial charge in [-0.05, 0) is 122 Å². The summed E-state index contributed by atoms with van der Waals surface area (Å²) in [5, 5.41) is 24.0. The van der Waals surface area contributed by atoms with E-state index in [0.29, 0.717) is 50.7 Å². The highest BCUT2D eigenvalue weighted by Crippen LogP contribution is 2.41. The molecular weight excluding hydrogens is 843 g/mol. The van der Waals surface area contributed by atoms with Crippen molar-refractivity contribution in [2.45, 2.75) is 113 Å². The van der Waals surface area contributed by atoms with Gasteiger partial charge in [-0.15, -0.1) is 5.26 Å². The smallest absolute Gasteiger partial charge is 0.333 e. The molecule has 0 atom stereocenters. The third-order valence-corrected chi connectivity index (χ3v) is 14.6. The average molecular weight is 895 g/mol. The quantitative estimate of drug-likeness (QED) is 0.206. The van der Waals surface area contributed by atoms with Crippen molar-refractivity contribution in [1.29, 1.82) is 5.26 Å². The molecule has 2 saturated heterocycles. The van der Waals surface area contributed by atoms with E-state index in [1.807, 2.05) is 16.1 Å². The molecule has 4 aliphatic carbocycles. The van der Waals surface area contributed by atoms with Gasteiger partial charge in [-0.2, -0.15) is 18.6 Å². The Hall–Kier alpha value is -4.94. The van der Waals surface area contributed by atoms with Gasteiger partial charge >= 0.3 is 6.03 Å². The van der Waals surface area contributed by atoms with Crippen molar-refractivity contribution in [3.05, 3.63) is 80.2 Å². The maximum atomic E-state index is 13.0. The Morgan fingerprint density at radius 1 is 0.726 bits per heavy atom. The van der Waals surface area contributed by atoms with Gasteiger partial charge in [0.1, 0.15) is 18.1 Å². The number of urea groups is 1. The van der Waals surface area contributed by atoms with Crippen LogP contribution in [0.5, 0.6) is 5.75 Å². The van der Waals surface area contributed by atoms with Crippen LogP contribution in [0.1, 0.15) is 81.6 Å². The molecule has 0 saturated carbocycles. The fourth-order valence-corrected chi connectivity index (χ4v) is 10.9. The van der Waals surface area contributed by atoms with E-state index in [2.05, 4.69) is 32.4 Å². The lowest BCUT2D eigenvalue weighted by molar-refractivity contribution is 0.0569. The molecule has 4 heterocycles. The number of alkyl halides is 2. The standard InChI is InChI=1S/C21H26FN5O3S.C13H13NO.C8H13FN4O2S/c1-26-16(12-27-10-15(22)11-27)9-19(24-26)31(29,30)25-21(28)23-20-17-6-2-4-13(17)8-14-5-3-7-18(14)20;14-8-15-13-11-5-1-3-9(11)7-10-4-2-6-12(10)13;1-12-7(5-13-3-6(9)4-13)2-8(11-12)16(10,14)15/h8-9,15H,2-7,10-12H2,1H3,(H2,23,25,28);7H,1-6H2;2,6H,3-5H2,1H3,(H2,10,14,15). The first kappa shape index (κ1) is 43.7. The summed E-state index contributed by atoms with van der Waals surface area (Å²) >= 11 is 0. The molecule has 10 rings (SSSR count). The first-order valence-electron chi connectivity index (χ1n) is 21.1. The number of rotatable bonds is 9. The van der Waals surface area contributed by atoms with Crippen LogP contribution in [0.4, 0.5) is 19.3 Å². The molecule has 6 aliphatic rings. The molecule has 4 N–H and O–H groups in total. The van der Waals surface area contributed by atoms with E-state index in [4.69, 9.17) is 15.1 Å². The number of anilines is 1. The van der Waals surface area contributed by atoms with Gasteiger partial charge in [0.2, 0.25) is 0 Å². The number of carbonyl (C=O) groups excluding carboxylic acids is 1. The minimum Gasteiger partial charge on any atom is -0.387 e. The molecule has 2 aliphatic heterocycles. The Labute approximate surface area is 360 Å². The lowest BCUT2D eigenvalue weighted by Crippen LogP contribution is -2.47. The lowest BCUT2D eigenvalue weighted by Gasteiger charge is -2.33. The molecule has 62 heavy (non-hydrogen) atoms. The number of aromatic nitrogens is 4. The minimum atomic E-state index is -4.13. The first-order valence-corrected chi connectivity index (χ1v) is 24.1. The number of amides is 2. The van der Waals surface area contributed by atoms with Crippen molar-refractivity contribution >= 4 is 31.8 Å². The van der Waals surface area contributed by atoms with Crippen molar-refractivity contribution in [2.75, 3.05) is 31.5 Å². The lowest BCUT2D eigenvalue weighted by atomic mass is 9.99. The van der Waals surface area contributed by atoms with Crippen molar-refractivity contribution < 1.29 is 35.1 Å². The maximum absolute atomic E-state index is 13.0. The summed E-state index contributed by atoms with van der Waals surface area (Å²) in [6.07, 6.45) is 13.0. The number of benzene rings is 2. The van der Waals surface area contributed by atoms with E-state index in [1.54, 1.807) is 14.1 Å². The Morgan fingerprint density at radius 3 is 1.56 bits per heavy atom. The van der Waals surface area contributed by atoms with E-state index in [-0.39, 0.29) is 10.1 Å². The predicted octanol–water partition coefficient (Wildman–Crippen LogP) is 3.81. The molecule has 2 aromatic carbocycles. The van der Waals surface area contributed by atoms with Crippen LogP contribution >= 0.6 is 0 Å². The van der Waals surface area contributed by atoms with E-state index in [9.17, 15) is 30.4 Å². The SMILES string of the molecule is Cn1nc(S(=O)(=O)NC(=O)Nc2c3c(cc4c2CCC4)CCC3)cc1CN1CC(F)C1.Cn1nc(S(N)(=O)=O)cc1CN1CC(F)C1.N#COc1c2c(cc3c1CCC3)CCC2.